The highest BCUT2D eigenvalue weighted by Gasteiger charge is 2.34. The van der Waals surface area contributed by atoms with E-state index in [2.05, 4.69) is 5.32 Å². The molecule has 0 saturated heterocycles. The molecule has 0 bridgehead atoms. The van der Waals surface area contributed by atoms with Crippen LogP contribution in [0.4, 0.5) is 0 Å². The molecule has 1 aliphatic rings. The Balaban J connectivity index is 2.20. The predicted octanol–water partition coefficient (Wildman–Crippen LogP) is 1.55. The summed E-state index contributed by atoms with van der Waals surface area (Å²) in [5.74, 6) is -0.471. The molecule has 0 aliphatic carbocycles. The van der Waals surface area contributed by atoms with Crippen LogP contribution >= 0.6 is 11.6 Å². The van der Waals surface area contributed by atoms with Crippen molar-refractivity contribution in [2.45, 2.75) is 6.42 Å². The van der Waals surface area contributed by atoms with Gasteiger partial charge in [0.15, 0.2) is 0 Å². The number of fused-ring (bicyclic) bond motifs is 1. The van der Waals surface area contributed by atoms with E-state index in [1.807, 2.05) is 7.05 Å². The van der Waals surface area contributed by atoms with Gasteiger partial charge in [0, 0.05) is 11.6 Å². The van der Waals surface area contributed by atoms with Gasteiger partial charge >= 0.3 is 0 Å². The van der Waals surface area contributed by atoms with Gasteiger partial charge < -0.3 is 5.32 Å². The topological polar surface area (TPSA) is 49.4 Å². The molecule has 1 aliphatic heterocycles. The van der Waals surface area contributed by atoms with Crippen LogP contribution in [0.25, 0.3) is 0 Å². The minimum absolute atomic E-state index is 0.224. The van der Waals surface area contributed by atoms with E-state index in [1.54, 1.807) is 18.2 Å². The van der Waals surface area contributed by atoms with Crippen molar-refractivity contribution >= 4 is 23.4 Å². The molecule has 0 fully saturated rings. The van der Waals surface area contributed by atoms with Crippen molar-refractivity contribution in [3.63, 3.8) is 0 Å². The zero-order chi connectivity index (χ0) is 12.4. The number of amides is 2. The van der Waals surface area contributed by atoms with Crippen LogP contribution in [0.15, 0.2) is 18.2 Å². The standard InChI is InChI=1S/C12H13ClN2O2/c1-14-5-2-6-15-11(16)9-4-3-8(13)7-10(9)12(15)17/h3-4,7,14H,2,5-6H2,1H3. The maximum Gasteiger partial charge on any atom is 0.261 e. The highest BCUT2D eigenvalue weighted by atomic mass is 35.5. The second-order valence-electron chi connectivity index (χ2n) is 3.91. The maximum atomic E-state index is 12.0. The lowest BCUT2D eigenvalue weighted by Gasteiger charge is -2.12. The Labute approximate surface area is 105 Å². The number of hydrogen-bond donors (Lipinski definition) is 1. The fraction of sp³-hybridized carbons (Fsp3) is 0.333. The number of imide groups is 1. The molecule has 2 amide bonds. The van der Waals surface area contributed by atoms with Gasteiger partial charge in [-0.2, -0.15) is 0 Å². The molecule has 0 saturated carbocycles. The molecule has 0 atom stereocenters. The summed E-state index contributed by atoms with van der Waals surface area (Å²) in [4.78, 5) is 25.2. The number of rotatable bonds is 4. The SMILES string of the molecule is CNCCCN1C(=O)c2ccc(Cl)cc2C1=O. The van der Waals surface area contributed by atoms with Crippen molar-refractivity contribution < 1.29 is 9.59 Å². The fourth-order valence-corrected chi connectivity index (χ4v) is 2.05. The van der Waals surface area contributed by atoms with Gasteiger partial charge in [-0.3, -0.25) is 14.5 Å². The number of nitrogens with one attached hydrogen (secondary N) is 1. The van der Waals surface area contributed by atoms with Crippen molar-refractivity contribution in [1.29, 1.82) is 0 Å². The van der Waals surface area contributed by atoms with Gasteiger partial charge in [-0.15, -0.1) is 0 Å². The van der Waals surface area contributed by atoms with Gasteiger partial charge in [0.05, 0.1) is 11.1 Å². The van der Waals surface area contributed by atoms with Crippen LogP contribution in [-0.2, 0) is 0 Å². The summed E-state index contributed by atoms with van der Waals surface area (Å²) in [6, 6.07) is 4.79. The number of carbonyl (C=O) groups excluding carboxylic acids is 2. The predicted molar refractivity (Wildman–Crippen MR) is 65.4 cm³/mol. The van der Waals surface area contributed by atoms with E-state index < -0.39 is 0 Å². The highest BCUT2D eigenvalue weighted by Crippen LogP contribution is 2.25. The zero-order valence-corrected chi connectivity index (χ0v) is 10.3. The molecule has 1 aromatic carbocycles. The highest BCUT2D eigenvalue weighted by molar-refractivity contribution is 6.32. The molecule has 2 rings (SSSR count). The van der Waals surface area contributed by atoms with Crippen LogP contribution < -0.4 is 5.32 Å². The molecule has 0 unspecified atom stereocenters. The van der Waals surface area contributed by atoms with Crippen molar-refractivity contribution in [2.75, 3.05) is 20.1 Å². The lowest BCUT2D eigenvalue weighted by molar-refractivity contribution is 0.0653. The van der Waals surface area contributed by atoms with Crippen molar-refractivity contribution in [2.24, 2.45) is 0 Å². The normalized spacial score (nSPS) is 14.4. The quantitative estimate of drug-likeness (QED) is 0.653. The van der Waals surface area contributed by atoms with E-state index in [1.165, 1.54) is 4.90 Å². The molecule has 90 valence electrons. The van der Waals surface area contributed by atoms with Crippen LogP contribution in [0.5, 0.6) is 0 Å². The minimum atomic E-state index is -0.247. The van der Waals surface area contributed by atoms with E-state index in [0.29, 0.717) is 22.7 Å². The zero-order valence-electron chi connectivity index (χ0n) is 9.50. The van der Waals surface area contributed by atoms with Crippen LogP contribution in [0.2, 0.25) is 5.02 Å². The lowest BCUT2D eigenvalue weighted by Crippen LogP contribution is -2.32. The Morgan fingerprint density at radius 2 is 1.94 bits per heavy atom. The molecule has 5 heteroatoms. The minimum Gasteiger partial charge on any atom is -0.320 e. The summed E-state index contributed by atoms with van der Waals surface area (Å²) in [5.41, 5.74) is 0.857. The summed E-state index contributed by atoms with van der Waals surface area (Å²) in [7, 11) is 1.84. The number of halogens is 1. The van der Waals surface area contributed by atoms with Crippen molar-refractivity contribution in [3.05, 3.63) is 34.3 Å². The smallest absolute Gasteiger partial charge is 0.261 e. The number of benzene rings is 1. The third-order valence-electron chi connectivity index (χ3n) is 2.74. The average Bonchev–Trinajstić information content (AvgIpc) is 2.54. The number of carbonyl (C=O) groups is 2. The first-order valence-corrected chi connectivity index (χ1v) is 5.83. The molecular formula is C12H13ClN2O2. The van der Waals surface area contributed by atoms with Crippen molar-refractivity contribution in [1.82, 2.24) is 10.2 Å². The van der Waals surface area contributed by atoms with Gasteiger partial charge in [0.1, 0.15) is 0 Å². The molecular weight excluding hydrogens is 240 g/mol. The van der Waals surface area contributed by atoms with Gasteiger partial charge in [-0.25, -0.2) is 0 Å². The van der Waals surface area contributed by atoms with E-state index in [4.69, 9.17) is 11.6 Å². The Morgan fingerprint density at radius 1 is 1.24 bits per heavy atom. The van der Waals surface area contributed by atoms with E-state index in [0.717, 1.165) is 13.0 Å². The molecule has 1 heterocycles. The summed E-state index contributed by atoms with van der Waals surface area (Å²) in [6.45, 7) is 1.21. The monoisotopic (exact) mass is 252 g/mol. The summed E-state index contributed by atoms with van der Waals surface area (Å²) in [6.07, 6.45) is 0.746. The van der Waals surface area contributed by atoms with Gasteiger partial charge in [0.2, 0.25) is 0 Å². The number of nitrogens with zero attached hydrogens (tertiary/aromatic N) is 1. The average molecular weight is 253 g/mol. The Morgan fingerprint density at radius 3 is 2.65 bits per heavy atom. The number of hydrogen-bond acceptors (Lipinski definition) is 3. The first-order chi connectivity index (χ1) is 8.15. The van der Waals surface area contributed by atoms with E-state index in [9.17, 15) is 9.59 Å². The third-order valence-corrected chi connectivity index (χ3v) is 2.98. The van der Waals surface area contributed by atoms with Crippen LogP contribution in [0.1, 0.15) is 27.1 Å². The van der Waals surface area contributed by atoms with Crippen LogP contribution in [0.3, 0.4) is 0 Å². The Hall–Kier alpha value is -1.39. The van der Waals surface area contributed by atoms with Gasteiger partial charge in [-0.05, 0) is 38.2 Å². The maximum absolute atomic E-state index is 12.0. The van der Waals surface area contributed by atoms with Crippen molar-refractivity contribution in [3.8, 4) is 0 Å². The van der Waals surface area contributed by atoms with Gasteiger partial charge in [0.25, 0.3) is 11.8 Å². The van der Waals surface area contributed by atoms with E-state index >= 15 is 0 Å². The fourth-order valence-electron chi connectivity index (χ4n) is 1.88. The molecule has 0 spiro atoms. The molecule has 0 aromatic heterocycles. The molecule has 4 nitrogen and oxygen atoms in total. The summed E-state index contributed by atoms with van der Waals surface area (Å²) in [5, 5.41) is 3.46. The third kappa shape index (κ3) is 2.18. The summed E-state index contributed by atoms with van der Waals surface area (Å²) < 4.78 is 0. The first-order valence-electron chi connectivity index (χ1n) is 5.45. The summed E-state index contributed by atoms with van der Waals surface area (Å²) >= 11 is 5.82. The van der Waals surface area contributed by atoms with Crippen LogP contribution in [-0.4, -0.2) is 36.9 Å². The first kappa shape index (κ1) is 12.1. The molecule has 17 heavy (non-hydrogen) atoms. The molecule has 1 N–H and O–H groups in total. The Kier molecular flexibility index (Phi) is 3.45. The van der Waals surface area contributed by atoms with Crippen LogP contribution in [0, 0.1) is 0 Å². The second-order valence-corrected chi connectivity index (χ2v) is 4.35. The van der Waals surface area contributed by atoms with Gasteiger partial charge in [-0.1, -0.05) is 11.6 Å². The second kappa shape index (κ2) is 4.85. The lowest BCUT2D eigenvalue weighted by atomic mass is 10.1. The molecule has 0 radical (unpaired) electrons. The van der Waals surface area contributed by atoms with E-state index in [-0.39, 0.29) is 11.8 Å². The largest absolute Gasteiger partial charge is 0.320 e. The molecule has 1 aromatic rings. The Bertz CT molecular complexity index is 474.